The Morgan fingerprint density at radius 3 is 2.56 bits per heavy atom. The second-order valence-corrected chi connectivity index (χ2v) is 10.1. The molecule has 1 aliphatic rings. The van der Waals surface area contributed by atoms with Crippen LogP contribution in [0, 0.1) is 0 Å². The van der Waals surface area contributed by atoms with E-state index >= 15 is 0 Å². The van der Waals surface area contributed by atoms with Crippen molar-refractivity contribution in [2.24, 2.45) is 0 Å². The first-order valence-corrected chi connectivity index (χ1v) is 12.9. The molecule has 0 unspecified atom stereocenters. The molecular formula is C25H33N3O5S. The van der Waals surface area contributed by atoms with Crippen molar-refractivity contribution >= 4 is 27.7 Å². The Labute approximate surface area is 202 Å². The topological polar surface area (TPSA) is 88.2 Å². The number of likely N-dealkylation sites (N-methyl/N-ethyl adjacent to an activating group) is 1. The van der Waals surface area contributed by atoms with E-state index in [4.69, 9.17) is 9.47 Å². The predicted molar refractivity (Wildman–Crippen MR) is 134 cm³/mol. The largest absolute Gasteiger partial charge is 0.493 e. The molecule has 0 aromatic heterocycles. The Morgan fingerprint density at radius 1 is 1.09 bits per heavy atom. The molecule has 1 N–H and O–H groups in total. The van der Waals surface area contributed by atoms with E-state index in [2.05, 4.69) is 17.1 Å². The van der Waals surface area contributed by atoms with Crippen LogP contribution >= 0.6 is 0 Å². The molecule has 0 saturated carbocycles. The number of rotatable bonds is 10. The highest BCUT2D eigenvalue weighted by atomic mass is 32.2. The maximum atomic E-state index is 13.0. The summed E-state index contributed by atoms with van der Waals surface area (Å²) in [6, 6.07) is 11.8. The monoisotopic (exact) mass is 487 g/mol. The number of unbranched alkanes of at least 4 members (excludes halogenated alkanes) is 1. The molecule has 1 heterocycles. The van der Waals surface area contributed by atoms with Crippen molar-refractivity contribution in [1.29, 1.82) is 0 Å². The normalized spacial score (nSPS) is 15.4. The van der Waals surface area contributed by atoms with Crippen LogP contribution in [0.5, 0.6) is 11.5 Å². The van der Waals surface area contributed by atoms with Gasteiger partial charge in [-0.2, -0.15) is 4.31 Å². The van der Waals surface area contributed by atoms with Gasteiger partial charge in [-0.05, 0) is 55.4 Å². The van der Waals surface area contributed by atoms with E-state index in [1.165, 1.54) is 16.4 Å². The molecule has 0 radical (unpaired) electrons. The highest BCUT2D eigenvalue weighted by Crippen LogP contribution is 2.29. The third kappa shape index (κ3) is 6.82. The average molecular weight is 488 g/mol. The number of methoxy groups -OCH3 is 1. The quantitative estimate of drug-likeness (QED) is 0.408. The number of nitrogens with one attached hydrogen (secondary N) is 1. The first-order valence-electron chi connectivity index (χ1n) is 11.4. The number of piperazine rings is 1. The van der Waals surface area contributed by atoms with Crippen molar-refractivity contribution in [1.82, 2.24) is 9.21 Å². The lowest BCUT2D eigenvalue weighted by Gasteiger charge is -2.31. The van der Waals surface area contributed by atoms with Crippen LogP contribution in [-0.2, 0) is 14.8 Å². The molecule has 2 aromatic carbocycles. The van der Waals surface area contributed by atoms with Crippen molar-refractivity contribution in [2.45, 2.75) is 24.7 Å². The van der Waals surface area contributed by atoms with Crippen LogP contribution in [0.15, 0.2) is 53.4 Å². The van der Waals surface area contributed by atoms with Crippen molar-refractivity contribution in [2.75, 3.05) is 52.3 Å². The zero-order valence-electron chi connectivity index (χ0n) is 20.0. The zero-order valence-corrected chi connectivity index (χ0v) is 20.8. The van der Waals surface area contributed by atoms with E-state index in [1.54, 1.807) is 37.5 Å². The van der Waals surface area contributed by atoms with Crippen LogP contribution in [0.4, 0.5) is 5.69 Å². The van der Waals surface area contributed by atoms with Crippen molar-refractivity contribution < 1.29 is 22.7 Å². The van der Waals surface area contributed by atoms with Gasteiger partial charge in [-0.15, -0.1) is 0 Å². The molecule has 0 aliphatic carbocycles. The lowest BCUT2D eigenvalue weighted by Crippen LogP contribution is -2.47. The molecule has 34 heavy (non-hydrogen) atoms. The number of amides is 1. The number of benzene rings is 2. The molecule has 1 aliphatic heterocycles. The van der Waals surface area contributed by atoms with E-state index in [0.29, 0.717) is 50.0 Å². The number of hydrogen-bond donors (Lipinski definition) is 1. The second kappa shape index (κ2) is 12.0. The van der Waals surface area contributed by atoms with E-state index in [1.807, 2.05) is 19.2 Å². The van der Waals surface area contributed by atoms with E-state index in [9.17, 15) is 13.2 Å². The van der Waals surface area contributed by atoms with Gasteiger partial charge in [0.15, 0.2) is 11.5 Å². The highest BCUT2D eigenvalue weighted by molar-refractivity contribution is 7.89. The molecule has 1 amide bonds. The highest BCUT2D eigenvalue weighted by Gasteiger charge is 2.27. The SMILES string of the molecule is CCCCOc1ccc(/C=C/C(=O)Nc2cccc(S(=O)(=O)N3CCN(C)CC3)c2)cc1OC. The van der Waals surface area contributed by atoms with Crippen LogP contribution in [0.25, 0.3) is 6.08 Å². The van der Waals surface area contributed by atoms with Crippen molar-refractivity contribution in [3.8, 4) is 11.5 Å². The molecule has 0 atom stereocenters. The number of ether oxygens (including phenoxy) is 2. The van der Waals surface area contributed by atoms with E-state index in [0.717, 1.165) is 18.4 Å². The van der Waals surface area contributed by atoms with Gasteiger partial charge in [-0.25, -0.2) is 8.42 Å². The first-order chi connectivity index (χ1) is 16.3. The minimum absolute atomic E-state index is 0.169. The van der Waals surface area contributed by atoms with Gasteiger partial charge >= 0.3 is 0 Å². The second-order valence-electron chi connectivity index (χ2n) is 8.17. The molecular weight excluding hydrogens is 454 g/mol. The molecule has 0 bridgehead atoms. The average Bonchev–Trinajstić information content (AvgIpc) is 2.84. The summed E-state index contributed by atoms with van der Waals surface area (Å²) in [7, 11) is -0.0614. The van der Waals surface area contributed by atoms with Gasteiger partial charge in [0.25, 0.3) is 0 Å². The molecule has 1 fully saturated rings. The number of sulfonamides is 1. The van der Waals surface area contributed by atoms with Gasteiger partial charge in [0.05, 0.1) is 18.6 Å². The van der Waals surface area contributed by atoms with Crippen LogP contribution in [-0.4, -0.2) is 70.5 Å². The number of hydrogen-bond acceptors (Lipinski definition) is 6. The summed E-state index contributed by atoms with van der Waals surface area (Å²) in [5.74, 6) is 0.896. The summed E-state index contributed by atoms with van der Waals surface area (Å²) < 4.78 is 38.6. The lowest BCUT2D eigenvalue weighted by atomic mass is 10.2. The first kappa shape index (κ1) is 25.7. The smallest absolute Gasteiger partial charge is 0.248 e. The Morgan fingerprint density at radius 2 is 1.85 bits per heavy atom. The van der Waals surface area contributed by atoms with Gasteiger partial charge in [0.1, 0.15) is 0 Å². The number of nitrogens with zero attached hydrogens (tertiary/aromatic N) is 2. The summed E-state index contributed by atoms with van der Waals surface area (Å²) >= 11 is 0. The fraction of sp³-hybridized carbons (Fsp3) is 0.400. The Bertz CT molecular complexity index is 1110. The number of anilines is 1. The summed E-state index contributed by atoms with van der Waals surface area (Å²) in [6.07, 6.45) is 5.07. The zero-order chi connectivity index (χ0) is 24.6. The van der Waals surface area contributed by atoms with Crippen LogP contribution in [0.2, 0.25) is 0 Å². The van der Waals surface area contributed by atoms with Gasteiger partial charge in [-0.1, -0.05) is 25.5 Å². The predicted octanol–water partition coefficient (Wildman–Crippen LogP) is 3.46. The standard InChI is InChI=1S/C25H33N3O5S/c1-4-5-17-33-23-11-9-20(18-24(23)32-3)10-12-25(29)26-21-7-6-8-22(19-21)34(30,31)28-15-13-27(2)14-16-28/h6-12,18-19H,4-5,13-17H2,1-3H3,(H,26,29)/b12-10+. The lowest BCUT2D eigenvalue weighted by molar-refractivity contribution is -0.111. The Hall–Kier alpha value is -2.88. The summed E-state index contributed by atoms with van der Waals surface area (Å²) in [4.78, 5) is 14.7. The molecule has 0 spiro atoms. The van der Waals surface area contributed by atoms with Crippen LogP contribution in [0.1, 0.15) is 25.3 Å². The van der Waals surface area contributed by atoms with Gasteiger partial charge < -0.3 is 19.7 Å². The third-order valence-electron chi connectivity index (χ3n) is 5.57. The molecule has 8 nitrogen and oxygen atoms in total. The molecule has 184 valence electrons. The minimum atomic E-state index is -3.61. The summed E-state index contributed by atoms with van der Waals surface area (Å²) in [5, 5.41) is 2.74. The molecule has 9 heteroatoms. The number of carbonyl (C=O) groups is 1. The van der Waals surface area contributed by atoms with Gasteiger partial charge in [0.2, 0.25) is 15.9 Å². The molecule has 1 saturated heterocycles. The summed E-state index contributed by atoms with van der Waals surface area (Å²) in [5.41, 5.74) is 1.20. The maximum absolute atomic E-state index is 13.0. The van der Waals surface area contributed by atoms with Gasteiger partial charge in [-0.3, -0.25) is 4.79 Å². The van der Waals surface area contributed by atoms with Gasteiger partial charge in [0, 0.05) is 37.9 Å². The Balaban J connectivity index is 1.65. The Kier molecular flexibility index (Phi) is 9.09. The van der Waals surface area contributed by atoms with E-state index in [-0.39, 0.29) is 10.8 Å². The fourth-order valence-electron chi connectivity index (χ4n) is 3.50. The van der Waals surface area contributed by atoms with Crippen LogP contribution in [0.3, 0.4) is 0 Å². The van der Waals surface area contributed by atoms with Crippen LogP contribution < -0.4 is 14.8 Å². The fourth-order valence-corrected chi connectivity index (χ4v) is 4.97. The van der Waals surface area contributed by atoms with E-state index < -0.39 is 10.0 Å². The molecule has 3 rings (SSSR count). The minimum Gasteiger partial charge on any atom is -0.493 e. The number of carbonyl (C=O) groups excluding carboxylic acids is 1. The third-order valence-corrected chi connectivity index (χ3v) is 7.47. The van der Waals surface area contributed by atoms with Crippen molar-refractivity contribution in [3.63, 3.8) is 0 Å². The molecule has 2 aromatic rings. The van der Waals surface area contributed by atoms with Crippen molar-refractivity contribution in [3.05, 3.63) is 54.1 Å². The summed E-state index contributed by atoms with van der Waals surface area (Å²) in [6.45, 7) is 5.00. The maximum Gasteiger partial charge on any atom is 0.248 e.